The van der Waals surface area contributed by atoms with Crippen molar-refractivity contribution in [3.8, 4) is 40.1 Å². The van der Waals surface area contributed by atoms with Gasteiger partial charge in [0, 0.05) is 43.7 Å². The van der Waals surface area contributed by atoms with Crippen molar-refractivity contribution in [2.45, 2.75) is 0 Å². The van der Waals surface area contributed by atoms with E-state index in [2.05, 4.69) is 106 Å². The van der Waals surface area contributed by atoms with Gasteiger partial charge in [-0.2, -0.15) is 10.2 Å². The van der Waals surface area contributed by atoms with Crippen LogP contribution in [0.3, 0.4) is 0 Å². The third-order valence-electron chi connectivity index (χ3n) is 10.4. The number of hydrogen-bond acceptors (Lipinski definition) is 4. The van der Waals surface area contributed by atoms with Gasteiger partial charge in [0.05, 0.1) is 44.4 Å². The number of hydrogen-bond donors (Lipinski definition) is 0. The minimum atomic E-state index is 0.523. The summed E-state index contributed by atoms with van der Waals surface area (Å²) in [6.45, 7) is 0. The van der Waals surface area contributed by atoms with Crippen molar-refractivity contribution in [2.24, 2.45) is 0 Å². The second-order valence-corrected chi connectivity index (χ2v) is 13.3. The molecule has 0 aliphatic carbocycles. The highest BCUT2D eigenvalue weighted by Gasteiger charge is 2.22. The standard InChI is InChI=1S/C47H27N5O/c48-28-31-24-23-30(45-44-35-19-9-12-22-43(35)53-47(44)50-46(49-45)29-13-3-1-4-14-29)25-40(31)52-39-21-11-8-18-34(39)37-26-41-36(27-42(37)52)33-17-7-10-20-38(33)51(41)32-15-5-2-6-16-32/h1-27H. The van der Waals surface area contributed by atoms with Crippen molar-refractivity contribution < 1.29 is 4.42 Å². The van der Waals surface area contributed by atoms with Crippen molar-refractivity contribution in [3.05, 3.63) is 169 Å². The molecule has 53 heavy (non-hydrogen) atoms. The van der Waals surface area contributed by atoms with Crippen molar-refractivity contribution in [2.75, 3.05) is 0 Å². The van der Waals surface area contributed by atoms with Crippen LogP contribution in [0.15, 0.2) is 168 Å². The summed E-state index contributed by atoms with van der Waals surface area (Å²) in [6, 6.07) is 58.6. The zero-order valence-corrected chi connectivity index (χ0v) is 28.2. The predicted molar refractivity (Wildman–Crippen MR) is 214 cm³/mol. The zero-order valence-electron chi connectivity index (χ0n) is 28.2. The summed E-state index contributed by atoms with van der Waals surface area (Å²) in [5.74, 6) is 0.576. The molecule has 0 aliphatic rings. The fraction of sp³-hybridized carbons (Fsp3) is 0. The Bertz CT molecular complexity index is 3290. The highest BCUT2D eigenvalue weighted by molar-refractivity contribution is 6.19. The lowest BCUT2D eigenvalue weighted by atomic mass is 10.0. The van der Waals surface area contributed by atoms with Crippen LogP contribution in [0.25, 0.3) is 99.7 Å². The Kier molecular flexibility index (Phi) is 6.22. The molecule has 0 unspecified atom stereocenters. The number of nitrogens with zero attached hydrogens (tertiary/aromatic N) is 5. The largest absolute Gasteiger partial charge is 0.438 e. The molecule has 7 aromatic carbocycles. The first kappa shape index (κ1) is 29.3. The molecule has 4 aromatic heterocycles. The van der Waals surface area contributed by atoms with Crippen molar-refractivity contribution in [1.82, 2.24) is 19.1 Å². The molecule has 0 aliphatic heterocycles. The number of nitriles is 1. The van der Waals surface area contributed by atoms with Gasteiger partial charge in [-0.15, -0.1) is 0 Å². The highest BCUT2D eigenvalue weighted by atomic mass is 16.3. The lowest BCUT2D eigenvalue weighted by Gasteiger charge is -2.13. The van der Waals surface area contributed by atoms with Gasteiger partial charge in [0.2, 0.25) is 5.71 Å². The minimum Gasteiger partial charge on any atom is -0.438 e. The van der Waals surface area contributed by atoms with Gasteiger partial charge < -0.3 is 13.6 Å². The summed E-state index contributed by atoms with van der Waals surface area (Å²) < 4.78 is 10.9. The van der Waals surface area contributed by atoms with Gasteiger partial charge in [-0.25, -0.2) is 4.98 Å². The number of fused-ring (bicyclic) bond motifs is 9. The van der Waals surface area contributed by atoms with Crippen molar-refractivity contribution >= 4 is 65.7 Å². The number of benzene rings is 7. The second-order valence-electron chi connectivity index (χ2n) is 13.3. The molecular weight excluding hydrogens is 651 g/mol. The van der Waals surface area contributed by atoms with Gasteiger partial charge >= 0.3 is 0 Å². The molecule has 0 fully saturated rings. The smallest absolute Gasteiger partial charge is 0.231 e. The number of rotatable bonds is 4. The van der Waals surface area contributed by atoms with E-state index in [9.17, 15) is 5.26 Å². The Morgan fingerprint density at radius 2 is 1.09 bits per heavy atom. The number of aromatic nitrogens is 4. The minimum absolute atomic E-state index is 0.523. The maximum Gasteiger partial charge on any atom is 0.231 e. The molecule has 0 atom stereocenters. The third-order valence-corrected chi connectivity index (χ3v) is 10.4. The lowest BCUT2D eigenvalue weighted by molar-refractivity contribution is 0.653. The molecule has 6 nitrogen and oxygen atoms in total. The first-order valence-electron chi connectivity index (χ1n) is 17.6. The summed E-state index contributed by atoms with van der Waals surface area (Å²) in [7, 11) is 0. The van der Waals surface area contributed by atoms with E-state index in [0.29, 0.717) is 17.1 Å². The Morgan fingerprint density at radius 3 is 1.81 bits per heavy atom. The molecule has 4 heterocycles. The molecule has 0 saturated carbocycles. The summed E-state index contributed by atoms with van der Waals surface area (Å²) in [4.78, 5) is 10.1. The normalized spacial score (nSPS) is 11.8. The van der Waals surface area contributed by atoms with E-state index in [1.807, 2.05) is 72.8 Å². The van der Waals surface area contributed by atoms with E-state index in [0.717, 1.165) is 82.8 Å². The van der Waals surface area contributed by atoms with E-state index in [4.69, 9.17) is 14.4 Å². The molecular formula is C47H27N5O. The number of para-hydroxylation sites is 4. The number of furan rings is 1. The van der Waals surface area contributed by atoms with Gasteiger partial charge in [0.1, 0.15) is 11.7 Å². The highest BCUT2D eigenvalue weighted by Crippen LogP contribution is 2.42. The molecule has 0 spiro atoms. The summed E-state index contributed by atoms with van der Waals surface area (Å²) in [5.41, 5.74) is 10.6. The van der Waals surface area contributed by atoms with Crippen LogP contribution in [-0.4, -0.2) is 19.1 Å². The average Bonchev–Trinajstić information content (AvgIpc) is 3.87. The predicted octanol–water partition coefficient (Wildman–Crippen LogP) is 11.8. The Morgan fingerprint density at radius 1 is 0.491 bits per heavy atom. The van der Waals surface area contributed by atoms with E-state index >= 15 is 0 Å². The SMILES string of the molecule is N#Cc1ccc(-c2nc(-c3ccccc3)nc3oc4ccccc4c23)cc1-n1c2ccccc2c2cc3c(cc21)c1ccccc1n3-c1ccccc1. The maximum atomic E-state index is 10.6. The van der Waals surface area contributed by atoms with Crippen LogP contribution in [0.2, 0.25) is 0 Å². The molecule has 0 N–H and O–H groups in total. The summed E-state index contributed by atoms with van der Waals surface area (Å²) >= 11 is 0. The molecule has 11 aromatic rings. The summed E-state index contributed by atoms with van der Waals surface area (Å²) in [6.07, 6.45) is 0. The second kappa shape index (κ2) is 11.3. The molecule has 0 amide bonds. The van der Waals surface area contributed by atoms with Crippen LogP contribution >= 0.6 is 0 Å². The fourth-order valence-electron chi connectivity index (χ4n) is 8.05. The van der Waals surface area contributed by atoms with Gasteiger partial charge in [-0.3, -0.25) is 0 Å². The first-order valence-corrected chi connectivity index (χ1v) is 17.6. The maximum absolute atomic E-state index is 10.6. The monoisotopic (exact) mass is 677 g/mol. The van der Waals surface area contributed by atoms with Crippen LogP contribution in [0.5, 0.6) is 0 Å². The van der Waals surface area contributed by atoms with E-state index in [-0.39, 0.29) is 0 Å². The van der Waals surface area contributed by atoms with E-state index in [1.165, 1.54) is 5.39 Å². The molecule has 0 bridgehead atoms. The van der Waals surface area contributed by atoms with Gasteiger partial charge in [0.15, 0.2) is 5.82 Å². The van der Waals surface area contributed by atoms with Gasteiger partial charge in [-0.1, -0.05) is 109 Å². The first-order chi connectivity index (χ1) is 26.2. The van der Waals surface area contributed by atoms with Gasteiger partial charge in [0.25, 0.3) is 0 Å². The van der Waals surface area contributed by atoms with Crippen LogP contribution < -0.4 is 0 Å². The van der Waals surface area contributed by atoms with E-state index < -0.39 is 0 Å². The molecule has 6 heteroatoms. The quantitative estimate of drug-likeness (QED) is 0.186. The Balaban J connectivity index is 1.23. The Labute approximate surface area is 303 Å². The van der Waals surface area contributed by atoms with E-state index in [1.54, 1.807) is 0 Å². The molecule has 0 saturated heterocycles. The van der Waals surface area contributed by atoms with Crippen LogP contribution in [0.1, 0.15) is 5.56 Å². The molecule has 0 radical (unpaired) electrons. The lowest BCUT2D eigenvalue weighted by Crippen LogP contribution is -2.00. The van der Waals surface area contributed by atoms with Crippen LogP contribution in [0.4, 0.5) is 0 Å². The Hall–Kier alpha value is -7.49. The third kappa shape index (κ3) is 4.32. The van der Waals surface area contributed by atoms with Crippen LogP contribution in [-0.2, 0) is 0 Å². The average molecular weight is 678 g/mol. The zero-order chi connectivity index (χ0) is 35.0. The van der Waals surface area contributed by atoms with Crippen molar-refractivity contribution in [1.29, 1.82) is 5.26 Å². The molecule has 246 valence electrons. The summed E-state index contributed by atoms with van der Waals surface area (Å²) in [5, 5.41) is 16.9. The fourth-order valence-corrected chi connectivity index (χ4v) is 8.05. The van der Waals surface area contributed by atoms with Crippen LogP contribution in [0, 0.1) is 11.3 Å². The topological polar surface area (TPSA) is 72.6 Å². The van der Waals surface area contributed by atoms with Gasteiger partial charge in [-0.05, 0) is 54.6 Å². The van der Waals surface area contributed by atoms with Crippen molar-refractivity contribution in [3.63, 3.8) is 0 Å². The molecule has 11 rings (SSSR count).